The van der Waals surface area contributed by atoms with Gasteiger partial charge < -0.3 is 15.0 Å². The van der Waals surface area contributed by atoms with E-state index in [-0.39, 0.29) is 6.10 Å². The van der Waals surface area contributed by atoms with Crippen molar-refractivity contribution in [1.29, 1.82) is 0 Å². The predicted octanol–water partition coefficient (Wildman–Crippen LogP) is 3.28. The molecule has 112 valence electrons. The third-order valence-electron chi connectivity index (χ3n) is 4.29. The van der Waals surface area contributed by atoms with Crippen molar-refractivity contribution in [3.05, 3.63) is 54.4 Å². The summed E-state index contributed by atoms with van der Waals surface area (Å²) in [4.78, 5) is 7.57. The van der Waals surface area contributed by atoms with Crippen LogP contribution in [-0.2, 0) is 4.74 Å². The molecule has 1 fully saturated rings. The van der Waals surface area contributed by atoms with Gasteiger partial charge in [-0.2, -0.15) is 0 Å². The van der Waals surface area contributed by atoms with E-state index in [0.717, 1.165) is 29.7 Å². The Morgan fingerprint density at radius 1 is 1.14 bits per heavy atom. The molecule has 1 aliphatic heterocycles. The fourth-order valence-corrected chi connectivity index (χ4v) is 3.07. The van der Waals surface area contributed by atoms with E-state index in [4.69, 9.17) is 4.74 Å². The van der Waals surface area contributed by atoms with E-state index in [0.29, 0.717) is 6.04 Å². The first-order valence-corrected chi connectivity index (χ1v) is 7.70. The van der Waals surface area contributed by atoms with Crippen LogP contribution in [-0.4, -0.2) is 29.2 Å². The van der Waals surface area contributed by atoms with Gasteiger partial charge in [0.05, 0.1) is 12.7 Å². The van der Waals surface area contributed by atoms with Gasteiger partial charge in [0.15, 0.2) is 0 Å². The van der Waals surface area contributed by atoms with Crippen LogP contribution in [0.3, 0.4) is 0 Å². The molecule has 0 aliphatic carbocycles. The van der Waals surface area contributed by atoms with Gasteiger partial charge in [0, 0.05) is 35.9 Å². The Hall–Kier alpha value is -2.17. The first kappa shape index (κ1) is 13.5. The van der Waals surface area contributed by atoms with Crippen LogP contribution in [0.25, 0.3) is 22.2 Å². The largest absolute Gasteiger partial charge is 0.371 e. The van der Waals surface area contributed by atoms with Crippen molar-refractivity contribution >= 4 is 11.0 Å². The van der Waals surface area contributed by atoms with Crippen LogP contribution in [0.15, 0.2) is 48.8 Å². The zero-order valence-electron chi connectivity index (χ0n) is 12.5. The van der Waals surface area contributed by atoms with Crippen molar-refractivity contribution < 1.29 is 4.74 Å². The molecule has 0 spiro atoms. The highest BCUT2D eigenvalue weighted by atomic mass is 16.5. The van der Waals surface area contributed by atoms with Gasteiger partial charge in [0.25, 0.3) is 0 Å². The van der Waals surface area contributed by atoms with Crippen molar-refractivity contribution in [3.63, 3.8) is 0 Å². The number of hydrogen-bond donors (Lipinski definition) is 2. The van der Waals surface area contributed by atoms with Gasteiger partial charge in [-0.25, -0.2) is 4.98 Å². The number of aromatic amines is 1. The van der Waals surface area contributed by atoms with E-state index in [1.54, 1.807) is 0 Å². The number of nitrogens with one attached hydrogen (secondary N) is 2. The van der Waals surface area contributed by atoms with Gasteiger partial charge in [0.2, 0.25) is 0 Å². The zero-order valence-corrected chi connectivity index (χ0v) is 12.5. The fourth-order valence-electron chi connectivity index (χ4n) is 3.07. The van der Waals surface area contributed by atoms with Crippen LogP contribution in [0.5, 0.6) is 0 Å². The average Bonchev–Trinajstić information content (AvgIpc) is 3.03. The summed E-state index contributed by atoms with van der Waals surface area (Å²) in [6.45, 7) is 3.87. The topological polar surface area (TPSA) is 49.9 Å². The molecule has 0 bridgehead atoms. The molecule has 0 radical (unpaired) electrons. The number of aromatic nitrogens is 2. The number of hydrogen-bond acceptors (Lipinski definition) is 3. The van der Waals surface area contributed by atoms with Gasteiger partial charge >= 0.3 is 0 Å². The molecule has 0 saturated carbocycles. The molecule has 0 unspecified atom stereocenters. The third-order valence-corrected chi connectivity index (χ3v) is 4.29. The maximum atomic E-state index is 5.89. The molecule has 2 aromatic heterocycles. The van der Waals surface area contributed by atoms with E-state index in [9.17, 15) is 0 Å². The van der Waals surface area contributed by atoms with Crippen LogP contribution in [0.4, 0.5) is 0 Å². The molecule has 4 heteroatoms. The molecule has 4 nitrogen and oxygen atoms in total. The number of benzene rings is 1. The lowest BCUT2D eigenvalue weighted by Gasteiger charge is -2.30. The van der Waals surface area contributed by atoms with E-state index in [1.165, 1.54) is 11.1 Å². The molecule has 1 saturated heterocycles. The van der Waals surface area contributed by atoms with Crippen LogP contribution in [0.2, 0.25) is 0 Å². The Kier molecular flexibility index (Phi) is 3.41. The Balaban J connectivity index is 1.63. The second-order valence-corrected chi connectivity index (χ2v) is 5.80. The molecule has 2 N–H and O–H groups in total. The number of rotatable bonds is 2. The Morgan fingerprint density at radius 3 is 2.82 bits per heavy atom. The Bertz CT molecular complexity index is 778. The highest BCUT2D eigenvalue weighted by Crippen LogP contribution is 2.27. The number of morpholine rings is 1. The normalized spacial score (nSPS) is 22.0. The van der Waals surface area contributed by atoms with Gasteiger partial charge in [-0.3, -0.25) is 0 Å². The summed E-state index contributed by atoms with van der Waals surface area (Å²) in [5.74, 6) is 0. The third kappa shape index (κ3) is 2.40. The monoisotopic (exact) mass is 293 g/mol. The molecule has 1 aromatic carbocycles. The predicted molar refractivity (Wildman–Crippen MR) is 87.7 cm³/mol. The van der Waals surface area contributed by atoms with Crippen LogP contribution < -0.4 is 5.32 Å². The fraction of sp³-hybridized carbons (Fsp3) is 0.278. The Morgan fingerprint density at radius 2 is 2.00 bits per heavy atom. The minimum atomic E-state index is 0.132. The lowest BCUT2D eigenvalue weighted by Crippen LogP contribution is -2.41. The van der Waals surface area contributed by atoms with E-state index >= 15 is 0 Å². The van der Waals surface area contributed by atoms with Crippen molar-refractivity contribution in [3.8, 4) is 11.1 Å². The molecular formula is C18H19N3O. The smallest absolute Gasteiger partial charge is 0.137 e. The quantitative estimate of drug-likeness (QED) is 0.762. The zero-order chi connectivity index (χ0) is 14.9. The lowest BCUT2D eigenvalue weighted by molar-refractivity contribution is -0.000215. The van der Waals surface area contributed by atoms with Crippen LogP contribution in [0, 0.1) is 0 Å². The second kappa shape index (κ2) is 5.55. The molecule has 0 amide bonds. The number of fused-ring (bicyclic) bond motifs is 1. The van der Waals surface area contributed by atoms with E-state index in [2.05, 4.69) is 52.5 Å². The lowest BCUT2D eigenvalue weighted by atomic mass is 9.98. The van der Waals surface area contributed by atoms with Gasteiger partial charge in [-0.15, -0.1) is 0 Å². The number of H-pyrrole nitrogens is 1. The first-order valence-electron chi connectivity index (χ1n) is 7.70. The van der Waals surface area contributed by atoms with Crippen LogP contribution >= 0.6 is 0 Å². The summed E-state index contributed by atoms with van der Waals surface area (Å²) in [6.07, 6.45) is 3.96. The molecular weight excluding hydrogens is 274 g/mol. The molecule has 1 aliphatic rings. The maximum absolute atomic E-state index is 5.89. The van der Waals surface area contributed by atoms with E-state index < -0.39 is 0 Å². The number of ether oxygens (including phenoxy) is 1. The van der Waals surface area contributed by atoms with Crippen molar-refractivity contribution in [1.82, 2.24) is 15.3 Å². The summed E-state index contributed by atoms with van der Waals surface area (Å²) in [5, 5.41) is 4.59. The van der Waals surface area contributed by atoms with Gasteiger partial charge in [0.1, 0.15) is 5.65 Å². The number of nitrogens with zero attached hydrogens (tertiary/aromatic N) is 1. The summed E-state index contributed by atoms with van der Waals surface area (Å²) < 4.78 is 5.89. The Labute approximate surface area is 129 Å². The average molecular weight is 293 g/mol. The van der Waals surface area contributed by atoms with E-state index in [1.807, 2.05) is 18.5 Å². The van der Waals surface area contributed by atoms with Crippen molar-refractivity contribution in [2.75, 3.05) is 13.2 Å². The first-order chi connectivity index (χ1) is 10.8. The molecule has 2 atom stereocenters. The van der Waals surface area contributed by atoms with Gasteiger partial charge in [-0.05, 0) is 30.2 Å². The maximum Gasteiger partial charge on any atom is 0.137 e. The minimum absolute atomic E-state index is 0.132. The SMILES string of the molecule is C[C@@H]1NCCO[C@H]1c1ccc(-c2cnc3[nH]ccc3c2)cc1. The summed E-state index contributed by atoms with van der Waals surface area (Å²) in [5.41, 5.74) is 4.46. The number of pyridine rings is 1. The second-order valence-electron chi connectivity index (χ2n) is 5.80. The summed E-state index contributed by atoms with van der Waals surface area (Å²) >= 11 is 0. The highest BCUT2D eigenvalue weighted by Gasteiger charge is 2.23. The molecule has 4 rings (SSSR count). The minimum Gasteiger partial charge on any atom is -0.371 e. The highest BCUT2D eigenvalue weighted by molar-refractivity contribution is 5.81. The van der Waals surface area contributed by atoms with Crippen molar-refractivity contribution in [2.24, 2.45) is 0 Å². The molecule has 22 heavy (non-hydrogen) atoms. The molecule has 3 heterocycles. The molecule has 3 aromatic rings. The summed E-state index contributed by atoms with van der Waals surface area (Å²) in [6, 6.07) is 13.2. The van der Waals surface area contributed by atoms with Crippen molar-refractivity contribution in [2.45, 2.75) is 19.1 Å². The summed E-state index contributed by atoms with van der Waals surface area (Å²) in [7, 11) is 0. The van der Waals surface area contributed by atoms with Crippen LogP contribution in [0.1, 0.15) is 18.6 Å². The standard InChI is InChI=1S/C18H19N3O/c1-12-17(22-9-8-19-12)14-4-2-13(3-5-14)16-10-15-6-7-20-18(15)21-11-16/h2-7,10-12,17,19H,8-9H2,1H3,(H,20,21)/t12-,17+/m0/s1. The van der Waals surface area contributed by atoms with Gasteiger partial charge in [-0.1, -0.05) is 24.3 Å².